The van der Waals surface area contributed by atoms with Gasteiger partial charge in [-0.15, -0.1) is 11.3 Å². The molecule has 27 heavy (non-hydrogen) atoms. The van der Waals surface area contributed by atoms with E-state index >= 15 is 0 Å². The number of anilines is 1. The molecule has 0 aliphatic heterocycles. The topological polar surface area (TPSA) is 42.0 Å². The van der Waals surface area contributed by atoms with Crippen LogP contribution in [0.4, 0.5) is 5.69 Å². The van der Waals surface area contributed by atoms with Crippen LogP contribution in [0.25, 0.3) is 0 Å². The van der Waals surface area contributed by atoms with Gasteiger partial charge in [-0.1, -0.05) is 25.1 Å². The fourth-order valence-corrected chi connectivity index (χ4v) is 5.11. The minimum atomic E-state index is -0.105. The predicted molar refractivity (Wildman–Crippen MR) is 118 cm³/mol. The van der Waals surface area contributed by atoms with E-state index in [-0.39, 0.29) is 5.91 Å². The van der Waals surface area contributed by atoms with E-state index in [1.807, 2.05) is 48.3 Å². The van der Waals surface area contributed by atoms with Gasteiger partial charge in [0, 0.05) is 22.2 Å². The SMILES string of the molecule is CSC(C)CCC1CCC(c2nc(C(=O)Nc3ccccc3C)cs2)CC1. The number of rotatable bonds is 7. The molecule has 1 aromatic carbocycles. The van der Waals surface area contributed by atoms with E-state index in [0.717, 1.165) is 27.4 Å². The number of hydrogen-bond donors (Lipinski definition) is 1. The highest BCUT2D eigenvalue weighted by atomic mass is 32.2. The number of nitrogens with one attached hydrogen (secondary N) is 1. The van der Waals surface area contributed by atoms with E-state index < -0.39 is 0 Å². The smallest absolute Gasteiger partial charge is 0.275 e. The van der Waals surface area contributed by atoms with Gasteiger partial charge in [0.25, 0.3) is 5.91 Å². The monoisotopic (exact) mass is 402 g/mol. The Morgan fingerprint density at radius 3 is 2.74 bits per heavy atom. The first-order chi connectivity index (χ1) is 13.1. The Balaban J connectivity index is 1.52. The standard InChI is InChI=1S/C22H30N2OS2/c1-15-6-4-5-7-19(15)23-21(25)20-14-27-22(24-20)18-12-10-17(11-13-18)9-8-16(2)26-3/h4-7,14,16-18H,8-13H2,1-3H3,(H,23,25). The van der Waals surface area contributed by atoms with E-state index in [4.69, 9.17) is 0 Å². The van der Waals surface area contributed by atoms with E-state index in [1.54, 1.807) is 11.3 Å². The summed E-state index contributed by atoms with van der Waals surface area (Å²) < 4.78 is 0. The van der Waals surface area contributed by atoms with Crippen LogP contribution in [0.15, 0.2) is 29.6 Å². The fraction of sp³-hybridized carbons (Fsp3) is 0.545. The average Bonchev–Trinajstić information content (AvgIpc) is 3.18. The van der Waals surface area contributed by atoms with Crippen LogP contribution < -0.4 is 5.32 Å². The van der Waals surface area contributed by atoms with Crippen molar-refractivity contribution in [2.45, 2.75) is 63.5 Å². The Hall–Kier alpha value is -1.33. The van der Waals surface area contributed by atoms with Gasteiger partial charge in [-0.25, -0.2) is 4.98 Å². The third-order valence-electron chi connectivity index (χ3n) is 5.73. The predicted octanol–water partition coefficient (Wildman–Crippen LogP) is 6.51. The van der Waals surface area contributed by atoms with E-state index in [9.17, 15) is 4.79 Å². The molecule has 1 aliphatic carbocycles. The number of aromatic nitrogens is 1. The van der Waals surface area contributed by atoms with E-state index in [0.29, 0.717) is 11.6 Å². The molecule has 2 aromatic rings. The van der Waals surface area contributed by atoms with Gasteiger partial charge in [0.05, 0.1) is 5.01 Å². The van der Waals surface area contributed by atoms with Gasteiger partial charge in [0.1, 0.15) is 5.69 Å². The second-order valence-electron chi connectivity index (χ2n) is 7.68. The zero-order chi connectivity index (χ0) is 19.2. The third-order valence-corrected chi connectivity index (χ3v) is 7.78. The lowest BCUT2D eigenvalue weighted by Gasteiger charge is -2.27. The van der Waals surface area contributed by atoms with Crippen molar-refractivity contribution in [1.82, 2.24) is 4.98 Å². The highest BCUT2D eigenvalue weighted by Gasteiger charge is 2.25. The molecule has 3 nitrogen and oxygen atoms in total. The summed E-state index contributed by atoms with van der Waals surface area (Å²) >= 11 is 3.62. The molecule has 3 rings (SSSR count). The molecule has 5 heteroatoms. The summed E-state index contributed by atoms with van der Waals surface area (Å²) in [5, 5.41) is 6.81. The van der Waals surface area contributed by atoms with Gasteiger partial charge in [-0.2, -0.15) is 11.8 Å². The van der Waals surface area contributed by atoms with Crippen molar-refractivity contribution in [3.63, 3.8) is 0 Å². The van der Waals surface area contributed by atoms with Crippen LogP contribution in [0.2, 0.25) is 0 Å². The first kappa shape index (κ1) is 20.4. The second kappa shape index (κ2) is 9.74. The van der Waals surface area contributed by atoms with E-state index in [2.05, 4.69) is 23.5 Å². The third kappa shape index (κ3) is 5.58. The molecule has 1 heterocycles. The molecule has 1 saturated carbocycles. The molecule has 0 bridgehead atoms. The number of aryl methyl sites for hydroxylation is 1. The van der Waals surface area contributed by atoms with Gasteiger partial charge in [-0.3, -0.25) is 4.79 Å². The Morgan fingerprint density at radius 2 is 2.04 bits per heavy atom. The summed E-state index contributed by atoms with van der Waals surface area (Å²) in [5.41, 5.74) is 2.47. The minimum Gasteiger partial charge on any atom is -0.320 e. The van der Waals surface area contributed by atoms with Gasteiger partial charge >= 0.3 is 0 Å². The number of hydrogen-bond acceptors (Lipinski definition) is 4. The van der Waals surface area contributed by atoms with Crippen molar-refractivity contribution in [1.29, 1.82) is 0 Å². The van der Waals surface area contributed by atoms with Crippen molar-refractivity contribution < 1.29 is 4.79 Å². The normalized spacial score (nSPS) is 21.0. The van der Waals surface area contributed by atoms with Crippen LogP contribution in [0, 0.1) is 12.8 Å². The quantitative estimate of drug-likeness (QED) is 0.574. The maximum absolute atomic E-state index is 12.5. The highest BCUT2D eigenvalue weighted by Crippen LogP contribution is 2.39. The van der Waals surface area contributed by atoms with Crippen molar-refractivity contribution >= 4 is 34.7 Å². The zero-order valence-corrected chi connectivity index (χ0v) is 18.2. The van der Waals surface area contributed by atoms with Crippen molar-refractivity contribution in [3.05, 3.63) is 45.9 Å². The van der Waals surface area contributed by atoms with E-state index in [1.165, 1.54) is 38.5 Å². The number of para-hydroxylation sites is 1. The number of thiazole rings is 1. The molecular weight excluding hydrogens is 372 g/mol. The molecule has 0 radical (unpaired) electrons. The Labute approximate surface area is 171 Å². The number of benzene rings is 1. The van der Waals surface area contributed by atoms with Crippen LogP contribution >= 0.6 is 23.1 Å². The maximum atomic E-state index is 12.5. The van der Waals surface area contributed by atoms with Crippen LogP contribution in [-0.2, 0) is 0 Å². The molecule has 1 N–H and O–H groups in total. The summed E-state index contributed by atoms with van der Waals surface area (Å²) in [5.74, 6) is 1.30. The summed E-state index contributed by atoms with van der Waals surface area (Å²) in [6.07, 6.45) is 9.92. The fourth-order valence-electron chi connectivity index (χ4n) is 3.77. The number of carbonyl (C=O) groups excluding carboxylic acids is 1. The maximum Gasteiger partial charge on any atom is 0.275 e. The molecule has 1 unspecified atom stereocenters. The molecule has 1 aromatic heterocycles. The van der Waals surface area contributed by atoms with Crippen molar-refractivity contribution in [2.24, 2.45) is 5.92 Å². The molecule has 0 saturated heterocycles. The second-order valence-corrected chi connectivity index (χ2v) is 9.85. The molecule has 1 atom stereocenters. The van der Waals surface area contributed by atoms with Crippen LogP contribution in [0.5, 0.6) is 0 Å². The van der Waals surface area contributed by atoms with Gasteiger partial charge in [0.15, 0.2) is 0 Å². The summed E-state index contributed by atoms with van der Waals surface area (Å²) in [6.45, 7) is 4.33. The number of nitrogens with zero attached hydrogens (tertiary/aromatic N) is 1. The van der Waals surface area contributed by atoms with Gasteiger partial charge < -0.3 is 5.32 Å². The first-order valence-electron chi connectivity index (χ1n) is 9.92. The van der Waals surface area contributed by atoms with Gasteiger partial charge in [0.2, 0.25) is 0 Å². The van der Waals surface area contributed by atoms with Crippen LogP contribution in [-0.4, -0.2) is 22.4 Å². The molecule has 146 valence electrons. The highest BCUT2D eigenvalue weighted by molar-refractivity contribution is 7.99. The molecule has 1 fully saturated rings. The lowest BCUT2D eigenvalue weighted by atomic mass is 9.80. The summed E-state index contributed by atoms with van der Waals surface area (Å²) in [7, 11) is 0. The average molecular weight is 403 g/mol. The zero-order valence-electron chi connectivity index (χ0n) is 16.5. The number of thioether (sulfide) groups is 1. The molecule has 1 amide bonds. The first-order valence-corrected chi connectivity index (χ1v) is 12.1. The minimum absolute atomic E-state index is 0.105. The summed E-state index contributed by atoms with van der Waals surface area (Å²) in [6, 6.07) is 7.84. The van der Waals surface area contributed by atoms with Gasteiger partial charge in [-0.05, 0) is 69.3 Å². The Kier molecular flexibility index (Phi) is 7.36. The summed E-state index contributed by atoms with van der Waals surface area (Å²) in [4.78, 5) is 17.2. The molecular formula is C22H30N2OS2. The van der Waals surface area contributed by atoms with Crippen LogP contribution in [0.1, 0.15) is 72.4 Å². The number of carbonyl (C=O) groups is 1. The Morgan fingerprint density at radius 1 is 1.30 bits per heavy atom. The lowest BCUT2D eigenvalue weighted by molar-refractivity contribution is 0.102. The van der Waals surface area contributed by atoms with Crippen molar-refractivity contribution in [3.8, 4) is 0 Å². The molecule has 1 aliphatic rings. The Bertz CT molecular complexity index is 750. The van der Waals surface area contributed by atoms with Crippen LogP contribution in [0.3, 0.4) is 0 Å². The largest absolute Gasteiger partial charge is 0.320 e. The molecule has 0 spiro atoms. The lowest BCUT2D eigenvalue weighted by Crippen LogP contribution is -2.16. The van der Waals surface area contributed by atoms with Crippen molar-refractivity contribution in [2.75, 3.05) is 11.6 Å². The number of amides is 1.